The van der Waals surface area contributed by atoms with Gasteiger partial charge in [-0.15, -0.1) is 0 Å². The highest BCUT2D eigenvalue weighted by atomic mass is 19.4. The van der Waals surface area contributed by atoms with Gasteiger partial charge in [-0.25, -0.2) is 10.4 Å². The standard InChI is InChI=1S/C29H35F3N8O/c1-18-8-9-21(12-27(18)40(34-4)17-26(33)25-16-35-38(5)19(25)2)28(41)37-24-14-22(29(30,31)32)13-23(15-24)36-20(3)39-10-6-7-11-39/h8-9,12-17,34H,6-7,10-11,33H2,1-5H3,(H,37,41)/b26-17-,36-20?. The van der Waals surface area contributed by atoms with E-state index in [9.17, 15) is 18.0 Å². The average Bonchev–Trinajstić information content (AvgIpc) is 3.57. The van der Waals surface area contributed by atoms with Crippen LogP contribution in [0.3, 0.4) is 0 Å². The first-order valence-corrected chi connectivity index (χ1v) is 13.2. The number of aromatic nitrogens is 2. The lowest BCUT2D eigenvalue weighted by atomic mass is 10.1. The van der Waals surface area contributed by atoms with E-state index in [4.69, 9.17) is 5.73 Å². The molecule has 0 saturated carbocycles. The first-order chi connectivity index (χ1) is 19.4. The molecule has 0 unspecified atom stereocenters. The van der Waals surface area contributed by atoms with Crippen molar-refractivity contribution in [1.82, 2.24) is 20.1 Å². The Balaban J connectivity index is 1.63. The van der Waals surface area contributed by atoms with Crippen molar-refractivity contribution in [2.75, 3.05) is 30.5 Å². The monoisotopic (exact) mass is 568 g/mol. The molecule has 1 aliphatic rings. The van der Waals surface area contributed by atoms with Crippen LogP contribution in [0.5, 0.6) is 0 Å². The van der Waals surface area contributed by atoms with Gasteiger partial charge in [0.15, 0.2) is 0 Å². The molecule has 4 rings (SSSR count). The Morgan fingerprint density at radius 1 is 1.15 bits per heavy atom. The molecule has 218 valence electrons. The van der Waals surface area contributed by atoms with Crippen LogP contribution in [0.4, 0.5) is 30.2 Å². The number of halogens is 3. The van der Waals surface area contributed by atoms with Gasteiger partial charge < -0.3 is 16.0 Å². The van der Waals surface area contributed by atoms with E-state index < -0.39 is 17.6 Å². The predicted octanol–water partition coefficient (Wildman–Crippen LogP) is 5.35. The molecule has 1 fully saturated rings. The fourth-order valence-corrected chi connectivity index (χ4v) is 4.67. The minimum absolute atomic E-state index is 0.00147. The summed E-state index contributed by atoms with van der Waals surface area (Å²) in [6.45, 7) is 7.20. The zero-order valence-corrected chi connectivity index (χ0v) is 23.8. The van der Waals surface area contributed by atoms with Crippen molar-refractivity contribution in [2.24, 2.45) is 17.8 Å². The fourth-order valence-electron chi connectivity index (χ4n) is 4.67. The summed E-state index contributed by atoms with van der Waals surface area (Å²) in [4.78, 5) is 19.7. The van der Waals surface area contributed by atoms with Gasteiger partial charge in [-0.3, -0.25) is 14.5 Å². The molecule has 0 radical (unpaired) electrons. The molecular weight excluding hydrogens is 533 g/mol. The Labute approximate surface area is 237 Å². The Hall–Kier alpha value is -4.32. The van der Waals surface area contributed by atoms with Crippen LogP contribution in [0.25, 0.3) is 5.70 Å². The van der Waals surface area contributed by atoms with E-state index in [1.165, 1.54) is 6.07 Å². The van der Waals surface area contributed by atoms with Gasteiger partial charge in [-0.05, 0) is 69.5 Å². The number of aliphatic imine (C=N–C) groups is 1. The molecule has 0 bridgehead atoms. The first-order valence-electron chi connectivity index (χ1n) is 13.2. The second kappa shape index (κ2) is 12.0. The number of nitrogens with zero attached hydrogens (tertiary/aromatic N) is 5. The third-order valence-corrected chi connectivity index (χ3v) is 7.14. The van der Waals surface area contributed by atoms with Crippen LogP contribution in [0.15, 0.2) is 53.8 Å². The van der Waals surface area contributed by atoms with Crippen molar-refractivity contribution in [1.29, 1.82) is 0 Å². The number of benzene rings is 2. The van der Waals surface area contributed by atoms with Crippen molar-refractivity contribution in [3.8, 4) is 0 Å². The molecule has 12 heteroatoms. The molecule has 2 aromatic carbocycles. The number of carbonyl (C=O) groups excluding carboxylic acids is 1. The zero-order chi connectivity index (χ0) is 29.9. The van der Waals surface area contributed by atoms with Gasteiger partial charge in [0, 0.05) is 55.9 Å². The summed E-state index contributed by atoms with van der Waals surface area (Å²) in [6.07, 6.45) is 0.798. The number of hydrazine groups is 1. The predicted molar refractivity (Wildman–Crippen MR) is 156 cm³/mol. The van der Waals surface area contributed by atoms with E-state index in [0.29, 0.717) is 17.2 Å². The van der Waals surface area contributed by atoms with Crippen LogP contribution in [-0.4, -0.2) is 46.6 Å². The number of hydrogen-bond donors (Lipinski definition) is 3. The molecule has 3 aromatic rings. The highest BCUT2D eigenvalue weighted by Crippen LogP contribution is 2.35. The van der Waals surface area contributed by atoms with Crippen LogP contribution in [0.1, 0.15) is 52.5 Å². The number of carbonyl (C=O) groups is 1. The van der Waals surface area contributed by atoms with E-state index in [0.717, 1.165) is 54.9 Å². The lowest BCUT2D eigenvalue weighted by Crippen LogP contribution is -2.31. The average molecular weight is 569 g/mol. The fraction of sp³-hybridized carbons (Fsp3) is 0.345. The Morgan fingerprint density at radius 2 is 1.85 bits per heavy atom. The molecule has 1 saturated heterocycles. The number of anilines is 2. The van der Waals surface area contributed by atoms with Gasteiger partial charge in [-0.2, -0.15) is 18.3 Å². The van der Waals surface area contributed by atoms with Crippen molar-refractivity contribution in [3.05, 3.63) is 76.7 Å². The molecular formula is C29H35F3N8O. The third-order valence-electron chi connectivity index (χ3n) is 7.14. The first kappa shape index (κ1) is 29.7. The van der Waals surface area contributed by atoms with E-state index >= 15 is 0 Å². The van der Waals surface area contributed by atoms with Crippen LogP contribution in [0, 0.1) is 13.8 Å². The van der Waals surface area contributed by atoms with Gasteiger partial charge in [0.1, 0.15) is 5.84 Å². The lowest BCUT2D eigenvalue weighted by molar-refractivity contribution is -0.137. The Bertz CT molecular complexity index is 1490. The summed E-state index contributed by atoms with van der Waals surface area (Å²) in [5, 5.41) is 8.52. The van der Waals surface area contributed by atoms with Gasteiger partial charge >= 0.3 is 6.18 Å². The van der Waals surface area contributed by atoms with Crippen LogP contribution in [0.2, 0.25) is 0 Å². The number of amides is 1. The largest absolute Gasteiger partial charge is 0.416 e. The second-order valence-electron chi connectivity index (χ2n) is 10.0. The smallest absolute Gasteiger partial charge is 0.397 e. The van der Waals surface area contributed by atoms with E-state index in [2.05, 4.69) is 20.8 Å². The summed E-state index contributed by atoms with van der Waals surface area (Å²) < 4.78 is 42.9. The molecule has 0 atom stereocenters. The molecule has 2 heterocycles. The summed E-state index contributed by atoms with van der Waals surface area (Å²) in [7, 11) is 3.53. The summed E-state index contributed by atoms with van der Waals surface area (Å²) in [6, 6.07) is 8.37. The molecule has 1 amide bonds. The van der Waals surface area contributed by atoms with Crippen molar-refractivity contribution < 1.29 is 18.0 Å². The number of hydrogen-bond acceptors (Lipinski definition) is 6. The normalized spacial score (nSPS) is 14.5. The number of rotatable bonds is 7. The SMILES string of the molecule is CNN(/C=C(\N)c1cnn(C)c1C)c1cc(C(=O)Nc2cc(N=C(C)N3CCCC3)cc(C(F)(F)F)c2)ccc1C. The molecule has 4 N–H and O–H groups in total. The van der Waals surface area contributed by atoms with Crippen LogP contribution in [-0.2, 0) is 13.2 Å². The Kier molecular flexibility index (Phi) is 8.72. The molecule has 0 spiro atoms. The number of alkyl halides is 3. The highest BCUT2D eigenvalue weighted by Gasteiger charge is 2.31. The summed E-state index contributed by atoms with van der Waals surface area (Å²) >= 11 is 0. The van der Waals surface area contributed by atoms with Crippen molar-refractivity contribution in [2.45, 2.75) is 39.8 Å². The molecule has 41 heavy (non-hydrogen) atoms. The third kappa shape index (κ3) is 6.88. The van der Waals surface area contributed by atoms with Crippen molar-refractivity contribution in [3.63, 3.8) is 0 Å². The number of nitrogens with two attached hydrogens (primary N) is 1. The maximum Gasteiger partial charge on any atom is 0.416 e. The topological polar surface area (TPSA) is 104 Å². The maximum absolute atomic E-state index is 13.7. The molecule has 1 aliphatic heterocycles. The molecule has 0 aliphatic carbocycles. The number of nitrogens with one attached hydrogen (secondary N) is 2. The van der Waals surface area contributed by atoms with Crippen LogP contribution >= 0.6 is 0 Å². The summed E-state index contributed by atoms with van der Waals surface area (Å²) in [5.41, 5.74) is 12.5. The zero-order valence-electron chi connectivity index (χ0n) is 23.8. The maximum atomic E-state index is 13.7. The number of aryl methyl sites for hydroxylation is 2. The van der Waals surface area contributed by atoms with Gasteiger partial charge in [0.25, 0.3) is 5.91 Å². The molecule has 9 nitrogen and oxygen atoms in total. The second-order valence-corrected chi connectivity index (χ2v) is 10.0. The van der Waals surface area contributed by atoms with E-state index in [-0.39, 0.29) is 16.9 Å². The van der Waals surface area contributed by atoms with Crippen molar-refractivity contribution >= 4 is 34.5 Å². The minimum atomic E-state index is -4.60. The van der Waals surface area contributed by atoms with Gasteiger partial charge in [0.05, 0.1) is 28.8 Å². The lowest BCUT2D eigenvalue weighted by Gasteiger charge is -2.23. The van der Waals surface area contributed by atoms with E-state index in [1.807, 2.05) is 25.8 Å². The van der Waals surface area contributed by atoms with E-state index in [1.54, 1.807) is 54.3 Å². The minimum Gasteiger partial charge on any atom is -0.397 e. The van der Waals surface area contributed by atoms with Gasteiger partial charge in [0.2, 0.25) is 0 Å². The summed E-state index contributed by atoms with van der Waals surface area (Å²) in [5.74, 6) is 0.0797. The van der Waals surface area contributed by atoms with Crippen LogP contribution < -0.4 is 21.5 Å². The highest BCUT2D eigenvalue weighted by molar-refractivity contribution is 6.05. The number of likely N-dealkylation sites (tertiary alicyclic amines) is 1. The van der Waals surface area contributed by atoms with Gasteiger partial charge in [-0.1, -0.05) is 6.07 Å². The Morgan fingerprint density at radius 3 is 2.46 bits per heavy atom. The molecule has 1 aromatic heterocycles. The number of amidine groups is 1. The quantitative estimate of drug-likeness (QED) is 0.202.